The number of para-hydroxylation sites is 1. The fraction of sp³-hybridized carbons (Fsp3) is 0.444. The largest absolute Gasteiger partial charge is 0.493 e. The minimum absolute atomic E-state index is 0.0243. The molecule has 2 aliphatic heterocycles. The van der Waals surface area contributed by atoms with Crippen molar-refractivity contribution in [1.82, 2.24) is 15.2 Å². The minimum atomic E-state index is -0.0286. The number of amides is 2. The third-order valence-corrected chi connectivity index (χ3v) is 5.59. The number of nitrogens with one attached hydrogen (secondary N) is 1. The van der Waals surface area contributed by atoms with E-state index in [1.807, 2.05) is 34.7 Å². The van der Waals surface area contributed by atoms with E-state index < -0.39 is 0 Å². The topological polar surface area (TPSA) is 66.9 Å². The predicted octanol–water partition coefficient (Wildman–Crippen LogP) is 1.99. The van der Waals surface area contributed by atoms with Crippen LogP contribution in [-0.4, -0.2) is 61.9 Å². The summed E-state index contributed by atoms with van der Waals surface area (Å²) in [7, 11) is 1.64. The molecule has 138 valence electrons. The molecule has 2 aromatic rings. The van der Waals surface area contributed by atoms with Crippen LogP contribution in [0.4, 0.5) is 9.93 Å². The molecule has 3 heterocycles. The number of urea groups is 1. The average Bonchev–Trinajstić information content (AvgIpc) is 3.22. The summed E-state index contributed by atoms with van der Waals surface area (Å²) >= 11 is 1.63. The lowest BCUT2D eigenvalue weighted by Crippen LogP contribution is -2.55. The van der Waals surface area contributed by atoms with Crippen LogP contribution in [0, 0.1) is 0 Å². The van der Waals surface area contributed by atoms with E-state index in [1.165, 1.54) is 0 Å². The molecule has 1 atom stereocenters. The Bertz CT molecular complexity index is 760. The van der Waals surface area contributed by atoms with Crippen molar-refractivity contribution < 1.29 is 14.3 Å². The second-order valence-corrected chi connectivity index (χ2v) is 7.27. The first-order valence-electron chi connectivity index (χ1n) is 8.73. The average molecular weight is 374 g/mol. The number of fused-ring (bicyclic) bond motifs is 1. The molecule has 1 aromatic heterocycles. The van der Waals surface area contributed by atoms with Gasteiger partial charge in [0.2, 0.25) is 0 Å². The van der Waals surface area contributed by atoms with Crippen molar-refractivity contribution in [2.45, 2.75) is 12.5 Å². The van der Waals surface area contributed by atoms with Crippen LogP contribution in [0.15, 0.2) is 29.8 Å². The number of carbonyl (C=O) groups is 1. The second-order valence-electron chi connectivity index (χ2n) is 6.40. The molecule has 0 bridgehead atoms. The molecule has 4 rings (SSSR count). The van der Waals surface area contributed by atoms with Gasteiger partial charge in [-0.1, -0.05) is 12.1 Å². The number of benzene rings is 1. The van der Waals surface area contributed by atoms with Crippen LogP contribution in [0.1, 0.15) is 5.56 Å². The van der Waals surface area contributed by atoms with E-state index in [1.54, 1.807) is 18.4 Å². The number of piperazine rings is 1. The molecule has 0 spiro atoms. The molecular weight excluding hydrogens is 352 g/mol. The van der Waals surface area contributed by atoms with Crippen LogP contribution in [0.3, 0.4) is 0 Å². The van der Waals surface area contributed by atoms with Gasteiger partial charge in [-0.25, -0.2) is 9.78 Å². The SMILES string of the molecule is COc1cccc2c1OCC(NC(=O)N1CCN(c3nccs3)CC1)C2. The van der Waals surface area contributed by atoms with Crippen molar-refractivity contribution in [3.8, 4) is 11.5 Å². The zero-order chi connectivity index (χ0) is 17.9. The fourth-order valence-corrected chi connectivity index (χ4v) is 4.08. The summed E-state index contributed by atoms with van der Waals surface area (Å²) in [5, 5.41) is 6.11. The lowest BCUT2D eigenvalue weighted by atomic mass is 10.0. The Morgan fingerprint density at radius 3 is 2.92 bits per heavy atom. The maximum Gasteiger partial charge on any atom is 0.317 e. The maximum absolute atomic E-state index is 12.6. The molecule has 1 fully saturated rings. The Morgan fingerprint density at radius 1 is 1.35 bits per heavy atom. The molecule has 26 heavy (non-hydrogen) atoms. The molecule has 2 aliphatic rings. The van der Waals surface area contributed by atoms with Crippen molar-refractivity contribution in [3.05, 3.63) is 35.3 Å². The van der Waals surface area contributed by atoms with Crippen molar-refractivity contribution >= 4 is 22.5 Å². The normalized spacial score (nSPS) is 19.5. The number of hydrogen-bond donors (Lipinski definition) is 1. The van der Waals surface area contributed by atoms with Gasteiger partial charge >= 0.3 is 6.03 Å². The third kappa shape index (κ3) is 3.41. The van der Waals surface area contributed by atoms with Gasteiger partial charge in [0.05, 0.1) is 13.2 Å². The van der Waals surface area contributed by atoms with Gasteiger partial charge in [0, 0.05) is 43.3 Å². The van der Waals surface area contributed by atoms with Crippen molar-refractivity contribution in [2.24, 2.45) is 0 Å². The van der Waals surface area contributed by atoms with Gasteiger partial charge in [0.1, 0.15) is 6.61 Å². The van der Waals surface area contributed by atoms with Gasteiger partial charge in [-0.2, -0.15) is 0 Å². The van der Waals surface area contributed by atoms with E-state index in [4.69, 9.17) is 9.47 Å². The molecule has 1 aromatic carbocycles. The fourth-order valence-electron chi connectivity index (χ4n) is 3.39. The first-order valence-corrected chi connectivity index (χ1v) is 9.61. The third-order valence-electron chi connectivity index (χ3n) is 4.76. The first-order chi connectivity index (χ1) is 12.7. The highest BCUT2D eigenvalue weighted by molar-refractivity contribution is 7.13. The zero-order valence-corrected chi connectivity index (χ0v) is 15.5. The molecule has 2 amide bonds. The lowest BCUT2D eigenvalue weighted by molar-refractivity contribution is 0.176. The zero-order valence-electron chi connectivity index (χ0n) is 14.7. The Hall–Kier alpha value is -2.48. The number of hydrogen-bond acceptors (Lipinski definition) is 6. The number of methoxy groups -OCH3 is 1. The van der Waals surface area contributed by atoms with Crippen LogP contribution in [0.5, 0.6) is 11.5 Å². The van der Waals surface area contributed by atoms with Gasteiger partial charge in [0.25, 0.3) is 0 Å². The highest BCUT2D eigenvalue weighted by atomic mass is 32.1. The summed E-state index contributed by atoms with van der Waals surface area (Å²) in [6, 6.07) is 5.80. The highest BCUT2D eigenvalue weighted by Crippen LogP contribution is 2.34. The quantitative estimate of drug-likeness (QED) is 0.890. The van der Waals surface area contributed by atoms with Crippen molar-refractivity contribution in [3.63, 3.8) is 0 Å². The Morgan fingerprint density at radius 2 is 2.19 bits per heavy atom. The molecule has 0 aliphatic carbocycles. The van der Waals surface area contributed by atoms with Crippen LogP contribution in [-0.2, 0) is 6.42 Å². The number of ether oxygens (including phenoxy) is 2. The van der Waals surface area contributed by atoms with Gasteiger partial charge in [0.15, 0.2) is 16.6 Å². The Labute approximate surface area is 156 Å². The molecule has 0 radical (unpaired) electrons. The minimum Gasteiger partial charge on any atom is -0.493 e. The number of aromatic nitrogens is 1. The summed E-state index contributed by atoms with van der Waals surface area (Å²) in [6.45, 7) is 3.47. The van der Waals surface area contributed by atoms with E-state index in [0.29, 0.717) is 19.7 Å². The van der Waals surface area contributed by atoms with Crippen LogP contribution >= 0.6 is 11.3 Å². The number of carbonyl (C=O) groups excluding carboxylic acids is 1. The first kappa shape index (κ1) is 17.0. The van der Waals surface area contributed by atoms with Crippen molar-refractivity contribution in [2.75, 3.05) is 44.8 Å². The predicted molar refractivity (Wildman–Crippen MR) is 100 cm³/mol. The van der Waals surface area contributed by atoms with Gasteiger partial charge in [-0.3, -0.25) is 0 Å². The van der Waals surface area contributed by atoms with Crippen LogP contribution in [0.2, 0.25) is 0 Å². The maximum atomic E-state index is 12.6. The second kappa shape index (κ2) is 7.41. The smallest absolute Gasteiger partial charge is 0.317 e. The molecule has 1 unspecified atom stereocenters. The molecule has 7 nitrogen and oxygen atoms in total. The Kier molecular flexibility index (Phi) is 4.83. The summed E-state index contributed by atoms with van der Waals surface area (Å²) < 4.78 is 11.2. The van der Waals surface area contributed by atoms with E-state index in [0.717, 1.165) is 41.7 Å². The van der Waals surface area contributed by atoms with Crippen LogP contribution < -0.4 is 19.7 Å². The molecule has 1 N–H and O–H groups in total. The molecular formula is C18H22N4O3S. The van der Waals surface area contributed by atoms with E-state index in [2.05, 4.69) is 15.2 Å². The summed E-state index contributed by atoms with van der Waals surface area (Å²) in [4.78, 5) is 21.0. The lowest BCUT2D eigenvalue weighted by Gasteiger charge is -2.36. The van der Waals surface area contributed by atoms with E-state index >= 15 is 0 Å². The highest BCUT2D eigenvalue weighted by Gasteiger charge is 2.27. The van der Waals surface area contributed by atoms with E-state index in [-0.39, 0.29) is 12.1 Å². The summed E-state index contributed by atoms with van der Waals surface area (Å²) in [5.74, 6) is 1.53. The Balaban J connectivity index is 1.32. The van der Waals surface area contributed by atoms with Crippen LogP contribution in [0.25, 0.3) is 0 Å². The summed E-state index contributed by atoms with van der Waals surface area (Å²) in [6.07, 6.45) is 2.56. The number of nitrogens with zero attached hydrogens (tertiary/aromatic N) is 3. The number of thiazole rings is 1. The number of anilines is 1. The van der Waals surface area contributed by atoms with Gasteiger partial charge in [-0.15, -0.1) is 11.3 Å². The molecule has 8 heteroatoms. The van der Waals surface area contributed by atoms with Gasteiger partial charge in [-0.05, 0) is 12.5 Å². The summed E-state index contributed by atoms with van der Waals surface area (Å²) in [5.41, 5.74) is 1.06. The van der Waals surface area contributed by atoms with E-state index in [9.17, 15) is 4.79 Å². The molecule has 1 saturated heterocycles. The number of rotatable bonds is 3. The van der Waals surface area contributed by atoms with Gasteiger partial charge < -0.3 is 24.6 Å². The monoisotopic (exact) mass is 374 g/mol. The standard InChI is InChI=1S/C18H22N4O3S/c1-24-15-4-2-3-13-11-14(12-25-16(13)15)20-17(23)21-6-8-22(9-7-21)18-19-5-10-26-18/h2-5,10,14H,6-9,11-12H2,1H3,(H,20,23). The van der Waals surface area contributed by atoms with Crippen molar-refractivity contribution in [1.29, 1.82) is 0 Å². The molecule has 0 saturated carbocycles.